The number of rotatable bonds is 9. The molecule has 0 aliphatic carbocycles. The molecule has 1 fully saturated rings. The number of pyridine rings is 1. The van der Waals surface area contributed by atoms with E-state index < -0.39 is 23.5 Å². The van der Waals surface area contributed by atoms with Gasteiger partial charge in [-0.1, -0.05) is 0 Å². The summed E-state index contributed by atoms with van der Waals surface area (Å²) in [5, 5.41) is 13.8. The van der Waals surface area contributed by atoms with E-state index in [2.05, 4.69) is 5.32 Å². The van der Waals surface area contributed by atoms with E-state index >= 15 is 4.39 Å². The van der Waals surface area contributed by atoms with Crippen LogP contribution in [0.5, 0.6) is 5.75 Å². The number of hydrogen-bond donors (Lipinski definition) is 2. The lowest BCUT2D eigenvalue weighted by Crippen LogP contribution is -2.34. The number of ether oxygens (including phenoxy) is 2. The van der Waals surface area contributed by atoms with E-state index in [0.29, 0.717) is 78.2 Å². The molecule has 2 aliphatic rings. The van der Waals surface area contributed by atoms with Crippen LogP contribution in [0.4, 0.5) is 4.39 Å². The topological polar surface area (TPSA) is 123 Å². The van der Waals surface area contributed by atoms with Gasteiger partial charge in [0, 0.05) is 72.6 Å². The summed E-state index contributed by atoms with van der Waals surface area (Å²) >= 11 is 0. The van der Waals surface area contributed by atoms with Gasteiger partial charge in [0.2, 0.25) is 11.8 Å². The highest BCUT2D eigenvalue weighted by Crippen LogP contribution is 2.44. The van der Waals surface area contributed by atoms with Gasteiger partial charge in [0.05, 0.1) is 12.2 Å². The standard InChI is InChI=1S/C34H41FN4O6/c1-19-22-9-8-16-44-30(22)25(35)18-23(19)29-24-17-21(11-12-26(40)36-13-15-39-14-7-10-27(39)41)38(6)32(24)37-20(2)28(29)31(33(42)43)45-34(3,4)5/h11-12,17-18,31H,7-10,13-16H2,1-6H3,(H,36,40)(H,42,43)/b12-11+/t31-/m0/s1. The molecule has 1 atom stereocenters. The predicted molar refractivity (Wildman–Crippen MR) is 168 cm³/mol. The van der Waals surface area contributed by atoms with E-state index in [-0.39, 0.29) is 17.6 Å². The normalized spacial score (nSPS) is 15.9. The minimum atomic E-state index is -1.38. The van der Waals surface area contributed by atoms with Crippen LogP contribution < -0.4 is 10.1 Å². The minimum Gasteiger partial charge on any atom is -0.490 e. The summed E-state index contributed by atoms with van der Waals surface area (Å²) in [6, 6.07) is 3.24. The molecule has 11 heteroatoms. The van der Waals surface area contributed by atoms with Crippen molar-refractivity contribution in [1.82, 2.24) is 19.8 Å². The highest BCUT2D eigenvalue weighted by molar-refractivity contribution is 6.01. The Balaban J connectivity index is 1.62. The van der Waals surface area contributed by atoms with Crippen LogP contribution in [-0.4, -0.2) is 69.2 Å². The molecule has 2 aliphatic heterocycles. The first kappa shape index (κ1) is 32.2. The number of aryl methyl sites for hydroxylation is 2. The molecule has 5 rings (SSSR count). The Morgan fingerprint density at radius 1 is 1.22 bits per heavy atom. The Morgan fingerprint density at radius 2 is 1.98 bits per heavy atom. The van der Waals surface area contributed by atoms with E-state index in [9.17, 15) is 19.5 Å². The number of carbonyl (C=O) groups is 3. The van der Waals surface area contributed by atoms with Crippen molar-refractivity contribution < 1.29 is 33.4 Å². The molecule has 3 aromatic rings. The Bertz CT molecular complexity index is 1700. The van der Waals surface area contributed by atoms with Gasteiger partial charge >= 0.3 is 5.97 Å². The lowest BCUT2D eigenvalue weighted by atomic mass is 9.86. The van der Waals surface area contributed by atoms with Gasteiger partial charge in [0.15, 0.2) is 17.7 Å². The fraction of sp³-hybridized carbons (Fsp3) is 0.471. The monoisotopic (exact) mass is 620 g/mol. The summed E-state index contributed by atoms with van der Waals surface area (Å²) in [5.74, 6) is -1.66. The number of likely N-dealkylation sites (tertiary alicyclic amines) is 1. The molecule has 45 heavy (non-hydrogen) atoms. The lowest BCUT2D eigenvalue weighted by Gasteiger charge is -2.29. The van der Waals surface area contributed by atoms with Crippen LogP contribution in [-0.2, 0) is 32.6 Å². The van der Waals surface area contributed by atoms with Crippen LogP contribution in [0.25, 0.3) is 28.2 Å². The maximum absolute atomic E-state index is 15.6. The fourth-order valence-corrected chi connectivity index (χ4v) is 6.23. The Kier molecular flexibility index (Phi) is 9.02. The van der Waals surface area contributed by atoms with Gasteiger partial charge in [-0.3, -0.25) is 9.59 Å². The molecule has 2 aromatic heterocycles. The predicted octanol–water partition coefficient (Wildman–Crippen LogP) is 5.01. The second-order valence-electron chi connectivity index (χ2n) is 12.7. The first-order valence-corrected chi connectivity index (χ1v) is 15.4. The van der Waals surface area contributed by atoms with Crippen LogP contribution in [0.15, 0.2) is 18.2 Å². The third-order valence-electron chi connectivity index (χ3n) is 8.36. The van der Waals surface area contributed by atoms with E-state index in [1.807, 2.05) is 24.6 Å². The molecule has 0 spiro atoms. The molecule has 0 radical (unpaired) electrons. The molecule has 1 aromatic carbocycles. The zero-order valence-corrected chi connectivity index (χ0v) is 26.8. The maximum Gasteiger partial charge on any atom is 0.337 e. The molecule has 0 saturated carbocycles. The number of carbonyl (C=O) groups excluding carboxylic acids is 2. The average Bonchev–Trinajstić information content (AvgIpc) is 3.53. The zero-order chi connectivity index (χ0) is 32.6. The molecule has 0 bridgehead atoms. The Morgan fingerprint density at radius 3 is 2.64 bits per heavy atom. The number of nitrogens with one attached hydrogen (secondary N) is 1. The summed E-state index contributed by atoms with van der Waals surface area (Å²) in [7, 11) is 1.81. The summed E-state index contributed by atoms with van der Waals surface area (Å²) in [4.78, 5) is 43.8. The van der Waals surface area contributed by atoms with Crippen LogP contribution in [0, 0.1) is 19.7 Å². The number of aromatic nitrogens is 2. The number of nitrogens with zero attached hydrogens (tertiary/aromatic N) is 3. The Labute approximate surface area is 262 Å². The fourth-order valence-electron chi connectivity index (χ4n) is 6.23. The van der Waals surface area contributed by atoms with Crippen molar-refractivity contribution in [1.29, 1.82) is 0 Å². The van der Waals surface area contributed by atoms with E-state index in [4.69, 9.17) is 14.5 Å². The highest BCUT2D eigenvalue weighted by atomic mass is 19.1. The minimum absolute atomic E-state index is 0.105. The first-order chi connectivity index (χ1) is 21.3. The number of fused-ring (bicyclic) bond motifs is 2. The molecule has 1 saturated heterocycles. The van der Waals surface area contributed by atoms with Crippen molar-refractivity contribution in [3.8, 4) is 16.9 Å². The molecule has 4 heterocycles. The number of carboxylic acids is 1. The molecular formula is C34H41FN4O6. The maximum atomic E-state index is 15.6. The highest BCUT2D eigenvalue weighted by Gasteiger charge is 2.34. The van der Waals surface area contributed by atoms with Crippen molar-refractivity contribution in [3.63, 3.8) is 0 Å². The number of amides is 2. The van der Waals surface area contributed by atoms with E-state index in [1.165, 1.54) is 12.1 Å². The SMILES string of the molecule is Cc1nc2c(cc(/C=C/C(=O)NCCN3CCCC3=O)n2C)c(-c2cc(F)c3c(c2C)CCCO3)c1[C@H](OC(C)(C)C)C(=O)O. The van der Waals surface area contributed by atoms with Gasteiger partial charge in [-0.15, -0.1) is 0 Å². The third-order valence-corrected chi connectivity index (χ3v) is 8.36. The van der Waals surface area contributed by atoms with Crippen LogP contribution in [0.1, 0.15) is 74.2 Å². The number of benzene rings is 1. The number of hydrogen-bond acceptors (Lipinski definition) is 6. The second-order valence-corrected chi connectivity index (χ2v) is 12.7. The summed E-state index contributed by atoms with van der Waals surface area (Å²) in [5.41, 5.74) is 3.80. The molecule has 240 valence electrons. The smallest absolute Gasteiger partial charge is 0.337 e. The molecular weight excluding hydrogens is 579 g/mol. The summed E-state index contributed by atoms with van der Waals surface area (Å²) in [6.45, 7) is 10.9. The molecule has 0 unspecified atom stereocenters. The third kappa shape index (κ3) is 6.58. The zero-order valence-electron chi connectivity index (χ0n) is 26.8. The van der Waals surface area contributed by atoms with Crippen molar-refractivity contribution in [2.75, 3.05) is 26.2 Å². The molecule has 2 N–H and O–H groups in total. The van der Waals surface area contributed by atoms with Gasteiger partial charge in [0.25, 0.3) is 0 Å². The second kappa shape index (κ2) is 12.6. The van der Waals surface area contributed by atoms with Crippen LogP contribution in [0.2, 0.25) is 0 Å². The summed E-state index contributed by atoms with van der Waals surface area (Å²) in [6.07, 6.45) is 4.47. The van der Waals surface area contributed by atoms with Gasteiger partial charge in [-0.25, -0.2) is 14.2 Å². The van der Waals surface area contributed by atoms with E-state index in [1.54, 1.807) is 38.7 Å². The van der Waals surface area contributed by atoms with Crippen molar-refractivity contribution in [2.45, 2.75) is 72.0 Å². The quantitative estimate of drug-likeness (QED) is 0.322. The molecule has 10 nitrogen and oxygen atoms in total. The Hall–Kier alpha value is -4.25. The number of halogens is 1. The largest absolute Gasteiger partial charge is 0.490 e. The van der Waals surface area contributed by atoms with Crippen molar-refractivity contribution in [3.05, 3.63) is 52.1 Å². The number of aliphatic carboxylic acids is 1. The number of carboxylic acid groups (broad SMARTS) is 1. The van der Waals surface area contributed by atoms with Gasteiger partial charge in [-0.05, 0) is 83.2 Å². The first-order valence-electron chi connectivity index (χ1n) is 15.4. The average molecular weight is 621 g/mol. The van der Waals surface area contributed by atoms with Crippen molar-refractivity contribution >= 4 is 34.9 Å². The van der Waals surface area contributed by atoms with Gasteiger partial charge in [-0.2, -0.15) is 0 Å². The van der Waals surface area contributed by atoms with Crippen LogP contribution >= 0.6 is 0 Å². The van der Waals surface area contributed by atoms with Crippen LogP contribution in [0.3, 0.4) is 0 Å². The van der Waals surface area contributed by atoms with Crippen molar-refractivity contribution in [2.24, 2.45) is 7.05 Å². The van der Waals surface area contributed by atoms with Gasteiger partial charge < -0.3 is 29.4 Å². The summed E-state index contributed by atoms with van der Waals surface area (Å²) < 4.78 is 29.2. The van der Waals surface area contributed by atoms with Gasteiger partial charge in [0.1, 0.15) is 5.65 Å². The van der Waals surface area contributed by atoms with E-state index in [0.717, 1.165) is 24.0 Å². The molecule has 2 amide bonds. The lowest BCUT2D eigenvalue weighted by molar-refractivity contribution is -0.160.